The van der Waals surface area contributed by atoms with Gasteiger partial charge in [0.15, 0.2) is 0 Å². The second kappa shape index (κ2) is 7.29. The Kier molecular flexibility index (Phi) is 5.41. The summed E-state index contributed by atoms with van der Waals surface area (Å²) in [5.74, 6) is 0. The van der Waals surface area contributed by atoms with Crippen LogP contribution in [0.5, 0.6) is 0 Å². The van der Waals surface area contributed by atoms with Gasteiger partial charge in [0.2, 0.25) is 0 Å². The summed E-state index contributed by atoms with van der Waals surface area (Å²) >= 11 is 0. The van der Waals surface area contributed by atoms with Gasteiger partial charge in [-0.1, -0.05) is 30.3 Å². The third-order valence-electron chi connectivity index (χ3n) is 3.91. The zero-order valence-electron chi connectivity index (χ0n) is 12.1. The number of benzene rings is 1. The van der Waals surface area contributed by atoms with Gasteiger partial charge in [-0.05, 0) is 38.2 Å². The van der Waals surface area contributed by atoms with E-state index in [4.69, 9.17) is 10.5 Å². The highest BCUT2D eigenvalue weighted by Crippen LogP contribution is 2.22. The number of carbonyl (C=O) groups is 1. The minimum Gasteiger partial charge on any atom is -0.445 e. The largest absolute Gasteiger partial charge is 0.445 e. The Balaban J connectivity index is 1.88. The highest BCUT2D eigenvalue weighted by Gasteiger charge is 2.28. The normalized spacial score (nSPS) is 22.3. The van der Waals surface area contributed by atoms with Crippen LogP contribution in [0, 0.1) is 0 Å². The Morgan fingerprint density at radius 2 is 2.10 bits per heavy atom. The number of hydrogen-bond acceptors (Lipinski definition) is 3. The van der Waals surface area contributed by atoms with E-state index in [-0.39, 0.29) is 18.2 Å². The number of hydrogen-bond donors (Lipinski definition) is 1. The van der Waals surface area contributed by atoms with Crippen molar-refractivity contribution in [1.29, 1.82) is 0 Å². The lowest BCUT2D eigenvalue weighted by molar-refractivity contribution is 0.0725. The zero-order chi connectivity index (χ0) is 14.4. The molecule has 0 saturated heterocycles. The maximum Gasteiger partial charge on any atom is 0.410 e. The predicted molar refractivity (Wildman–Crippen MR) is 79.2 cm³/mol. The summed E-state index contributed by atoms with van der Waals surface area (Å²) in [7, 11) is 0. The van der Waals surface area contributed by atoms with Gasteiger partial charge >= 0.3 is 6.09 Å². The van der Waals surface area contributed by atoms with Gasteiger partial charge in [0, 0.05) is 18.6 Å². The molecule has 1 amide bonds. The molecule has 1 aromatic rings. The Hall–Kier alpha value is -1.55. The third kappa shape index (κ3) is 3.97. The Labute approximate surface area is 120 Å². The Morgan fingerprint density at radius 3 is 2.75 bits per heavy atom. The van der Waals surface area contributed by atoms with Gasteiger partial charge in [0.05, 0.1) is 0 Å². The monoisotopic (exact) mass is 276 g/mol. The smallest absolute Gasteiger partial charge is 0.410 e. The molecule has 2 rings (SSSR count). The number of ether oxygens (including phenoxy) is 1. The minimum atomic E-state index is -0.226. The molecule has 0 spiro atoms. The van der Waals surface area contributed by atoms with Gasteiger partial charge in [-0.15, -0.1) is 0 Å². The molecule has 0 aliphatic heterocycles. The Bertz CT molecular complexity index is 422. The fraction of sp³-hybridized carbons (Fsp3) is 0.562. The van der Waals surface area contributed by atoms with E-state index in [1.54, 1.807) is 0 Å². The lowest BCUT2D eigenvalue weighted by atomic mass is 9.91. The van der Waals surface area contributed by atoms with Crippen molar-refractivity contribution < 1.29 is 9.53 Å². The first-order chi connectivity index (χ1) is 9.70. The van der Waals surface area contributed by atoms with Crippen molar-refractivity contribution in [2.24, 2.45) is 5.73 Å². The summed E-state index contributed by atoms with van der Waals surface area (Å²) in [4.78, 5) is 14.0. The number of nitrogens with two attached hydrogens (primary N) is 1. The molecule has 0 bridgehead atoms. The van der Waals surface area contributed by atoms with Gasteiger partial charge in [-0.25, -0.2) is 4.79 Å². The molecule has 1 fully saturated rings. The van der Waals surface area contributed by atoms with Crippen molar-refractivity contribution in [2.45, 2.75) is 51.3 Å². The van der Waals surface area contributed by atoms with E-state index >= 15 is 0 Å². The average molecular weight is 276 g/mol. The molecule has 0 unspecified atom stereocenters. The van der Waals surface area contributed by atoms with E-state index in [9.17, 15) is 4.79 Å². The second-order valence-electron chi connectivity index (χ2n) is 5.41. The van der Waals surface area contributed by atoms with E-state index in [1.165, 1.54) is 0 Å². The average Bonchev–Trinajstić information content (AvgIpc) is 2.47. The third-order valence-corrected chi connectivity index (χ3v) is 3.91. The molecule has 110 valence electrons. The first-order valence-corrected chi connectivity index (χ1v) is 7.43. The van der Waals surface area contributed by atoms with Gasteiger partial charge in [-0.3, -0.25) is 0 Å². The highest BCUT2D eigenvalue weighted by atomic mass is 16.6. The minimum absolute atomic E-state index is 0.213. The molecule has 4 nitrogen and oxygen atoms in total. The molecule has 1 aliphatic rings. The number of carbonyl (C=O) groups excluding carboxylic acids is 1. The van der Waals surface area contributed by atoms with Gasteiger partial charge < -0.3 is 15.4 Å². The maximum atomic E-state index is 12.2. The SMILES string of the molecule is CCN(C(=O)OCc1ccccc1)[C@H]1CCC[C@@H](N)C1. The lowest BCUT2D eigenvalue weighted by Gasteiger charge is -2.35. The Morgan fingerprint density at radius 1 is 1.35 bits per heavy atom. The van der Waals surface area contributed by atoms with E-state index in [1.807, 2.05) is 42.2 Å². The predicted octanol–water partition coefficient (Wildman–Crippen LogP) is 2.92. The second-order valence-corrected chi connectivity index (χ2v) is 5.41. The fourth-order valence-electron chi connectivity index (χ4n) is 2.82. The number of rotatable bonds is 4. The molecule has 4 heteroatoms. The molecule has 2 N–H and O–H groups in total. The number of nitrogens with zero attached hydrogens (tertiary/aromatic N) is 1. The lowest BCUT2D eigenvalue weighted by Crippen LogP contribution is -2.45. The van der Waals surface area contributed by atoms with Crippen molar-refractivity contribution in [3.8, 4) is 0 Å². The van der Waals surface area contributed by atoms with E-state index < -0.39 is 0 Å². The molecular formula is C16H24N2O2. The first-order valence-electron chi connectivity index (χ1n) is 7.43. The van der Waals surface area contributed by atoms with Crippen LogP contribution in [0.15, 0.2) is 30.3 Å². The van der Waals surface area contributed by atoms with Crippen LogP contribution in [0.2, 0.25) is 0 Å². The van der Waals surface area contributed by atoms with Crippen LogP contribution >= 0.6 is 0 Å². The summed E-state index contributed by atoms with van der Waals surface area (Å²) in [5.41, 5.74) is 7.02. The van der Waals surface area contributed by atoms with Crippen molar-refractivity contribution in [3.05, 3.63) is 35.9 Å². The summed E-state index contributed by atoms with van der Waals surface area (Å²) in [6.07, 6.45) is 3.84. The van der Waals surface area contributed by atoms with Crippen LogP contribution < -0.4 is 5.73 Å². The molecule has 1 aliphatic carbocycles. The van der Waals surface area contributed by atoms with Crippen molar-refractivity contribution in [2.75, 3.05) is 6.54 Å². The first kappa shape index (κ1) is 14.9. The van der Waals surface area contributed by atoms with Crippen molar-refractivity contribution in [1.82, 2.24) is 4.90 Å². The van der Waals surface area contributed by atoms with E-state index in [2.05, 4.69) is 0 Å². The molecule has 0 radical (unpaired) electrons. The fourth-order valence-corrected chi connectivity index (χ4v) is 2.82. The van der Waals surface area contributed by atoms with Crippen LogP contribution in [0.25, 0.3) is 0 Å². The summed E-state index contributed by atoms with van der Waals surface area (Å²) in [6.45, 7) is 2.99. The van der Waals surface area contributed by atoms with Crippen LogP contribution in [-0.2, 0) is 11.3 Å². The zero-order valence-corrected chi connectivity index (χ0v) is 12.1. The molecule has 2 atom stereocenters. The summed E-state index contributed by atoms with van der Waals surface area (Å²) in [6, 6.07) is 10.2. The molecule has 1 aromatic carbocycles. The van der Waals surface area contributed by atoms with Crippen LogP contribution in [0.4, 0.5) is 4.79 Å². The summed E-state index contributed by atoms with van der Waals surface area (Å²) < 4.78 is 5.42. The van der Waals surface area contributed by atoms with E-state index in [0.717, 1.165) is 31.2 Å². The maximum absolute atomic E-state index is 12.2. The quantitative estimate of drug-likeness (QED) is 0.920. The topological polar surface area (TPSA) is 55.6 Å². The van der Waals surface area contributed by atoms with Crippen LogP contribution in [0.1, 0.15) is 38.2 Å². The number of amides is 1. The standard InChI is InChI=1S/C16H24N2O2/c1-2-18(15-10-6-9-14(17)11-15)16(19)20-12-13-7-4-3-5-8-13/h3-5,7-8,14-15H,2,6,9-12,17H2,1H3/t14-,15+/m1/s1. The molecule has 1 saturated carbocycles. The van der Waals surface area contributed by atoms with Gasteiger partial charge in [0.1, 0.15) is 6.61 Å². The molecular weight excluding hydrogens is 252 g/mol. The van der Waals surface area contributed by atoms with Crippen LogP contribution in [-0.4, -0.2) is 29.6 Å². The molecule has 0 aromatic heterocycles. The summed E-state index contributed by atoms with van der Waals surface area (Å²) in [5, 5.41) is 0. The van der Waals surface area contributed by atoms with Gasteiger partial charge in [-0.2, -0.15) is 0 Å². The van der Waals surface area contributed by atoms with Crippen molar-refractivity contribution in [3.63, 3.8) is 0 Å². The van der Waals surface area contributed by atoms with Gasteiger partial charge in [0.25, 0.3) is 0 Å². The van der Waals surface area contributed by atoms with E-state index in [0.29, 0.717) is 13.2 Å². The molecule has 20 heavy (non-hydrogen) atoms. The van der Waals surface area contributed by atoms with Crippen LogP contribution in [0.3, 0.4) is 0 Å². The molecule has 0 heterocycles. The highest BCUT2D eigenvalue weighted by molar-refractivity contribution is 5.68. The van der Waals surface area contributed by atoms with Crippen molar-refractivity contribution >= 4 is 6.09 Å².